The Morgan fingerprint density at radius 1 is 1.23 bits per heavy atom. The van der Waals surface area contributed by atoms with Crippen molar-refractivity contribution in [3.63, 3.8) is 0 Å². The standard InChI is InChI=1S/C17H19F3N4O2/c1-25-15-5-7-22-16(23-15)24-8-2-3-12(10-24)11-26-13-4-6-21-14(9-13)17(18,19)20/h4-7,9,12H,2-3,8,10-11H2,1H3. The van der Waals surface area contributed by atoms with Crippen molar-refractivity contribution in [3.05, 3.63) is 36.3 Å². The van der Waals surface area contributed by atoms with Crippen LogP contribution in [0.4, 0.5) is 19.1 Å². The van der Waals surface area contributed by atoms with Crippen molar-refractivity contribution in [3.8, 4) is 11.6 Å². The fourth-order valence-electron chi connectivity index (χ4n) is 2.85. The summed E-state index contributed by atoms with van der Waals surface area (Å²) in [5, 5.41) is 0. The molecule has 3 rings (SSSR count). The molecule has 1 aliphatic heterocycles. The molecule has 9 heteroatoms. The molecule has 0 saturated carbocycles. The minimum Gasteiger partial charge on any atom is -0.493 e. The van der Waals surface area contributed by atoms with E-state index in [4.69, 9.17) is 9.47 Å². The topological polar surface area (TPSA) is 60.4 Å². The lowest BCUT2D eigenvalue weighted by atomic mass is 9.99. The Kier molecular flexibility index (Phi) is 5.43. The van der Waals surface area contributed by atoms with Crippen molar-refractivity contribution in [2.45, 2.75) is 19.0 Å². The summed E-state index contributed by atoms with van der Waals surface area (Å²) in [5.74, 6) is 1.41. The average molecular weight is 368 g/mol. The molecule has 0 amide bonds. The minimum absolute atomic E-state index is 0.168. The van der Waals surface area contributed by atoms with Gasteiger partial charge in [0.1, 0.15) is 11.4 Å². The summed E-state index contributed by atoms with van der Waals surface area (Å²) in [5.41, 5.74) is -0.954. The molecule has 1 unspecified atom stereocenters. The van der Waals surface area contributed by atoms with Crippen LogP contribution in [-0.2, 0) is 6.18 Å². The zero-order valence-corrected chi connectivity index (χ0v) is 14.2. The average Bonchev–Trinajstić information content (AvgIpc) is 2.66. The molecular weight excluding hydrogens is 349 g/mol. The van der Waals surface area contributed by atoms with Crippen LogP contribution >= 0.6 is 0 Å². The highest BCUT2D eigenvalue weighted by Gasteiger charge is 2.32. The number of methoxy groups -OCH3 is 1. The summed E-state index contributed by atoms with van der Waals surface area (Å²) in [6.07, 6.45) is 0.119. The molecule has 0 spiro atoms. The molecule has 6 nitrogen and oxygen atoms in total. The summed E-state index contributed by atoms with van der Waals surface area (Å²) < 4.78 is 48.8. The van der Waals surface area contributed by atoms with E-state index in [2.05, 4.69) is 15.0 Å². The van der Waals surface area contributed by atoms with Crippen LogP contribution in [-0.4, -0.2) is 41.8 Å². The molecule has 1 saturated heterocycles. The van der Waals surface area contributed by atoms with Gasteiger partial charge in [0.25, 0.3) is 0 Å². The Balaban J connectivity index is 1.60. The molecular formula is C17H19F3N4O2. The summed E-state index contributed by atoms with van der Waals surface area (Å²) in [6.45, 7) is 1.81. The number of pyridine rings is 1. The van der Waals surface area contributed by atoms with Gasteiger partial charge in [0.2, 0.25) is 11.8 Å². The van der Waals surface area contributed by atoms with Gasteiger partial charge in [-0.05, 0) is 18.9 Å². The van der Waals surface area contributed by atoms with Crippen molar-refractivity contribution >= 4 is 5.95 Å². The lowest BCUT2D eigenvalue weighted by Gasteiger charge is -2.32. The quantitative estimate of drug-likeness (QED) is 0.808. The molecule has 2 aromatic heterocycles. The van der Waals surface area contributed by atoms with Crippen LogP contribution in [0.1, 0.15) is 18.5 Å². The fourth-order valence-corrected chi connectivity index (χ4v) is 2.85. The number of alkyl halides is 3. The molecule has 1 atom stereocenters. The number of rotatable bonds is 5. The van der Waals surface area contributed by atoms with Crippen LogP contribution in [0.15, 0.2) is 30.6 Å². The highest BCUT2D eigenvalue weighted by Crippen LogP contribution is 2.30. The van der Waals surface area contributed by atoms with Crippen molar-refractivity contribution in [2.75, 3.05) is 31.7 Å². The number of hydrogen-bond donors (Lipinski definition) is 0. The predicted molar refractivity (Wildman–Crippen MR) is 88.3 cm³/mol. The SMILES string of the molecule is COc1ccnc(N2CCCC(COc3ccnc(C(F)(F)F)c3)C2)n1. The van der Waals surface area contributed by atoms with Crippen molar-refractivity contribution in [1.82, 2.24) is 15.0 Å². The first-order valence-electron chi connectivity index (χ1n) is 8.24. The third-order valence-electron chi connectivity index (χ3n) is 4.14. The second kappa shape index (κ2) is 7.76. The Morgan fingerprint density at radius 3 is 2.81 bits per heavy atom. The Morgan fingerprint density at radius 2 is 2.04 bits per heavy atom. The number of piperidine rings is 1. The maximum absolute atomic E-state index is 12.7. The molecule has 0 bridgehead atoms. The Hall–Kier alpha value is -2.58. The lowest BCUT2D eigenvalue weighted by molar-refractivity contribution is -0.141. The fraction of sp³-hybridized carbons (Fsp3) is 0.471. The first kappa shape index (κ1) is 18.2. The number of ether oxygens (including phenoxy) is 2. The van der Waals surface area contributed by atoms with Crippen LogP contribution in [0.25, 0.3) is 0 Å². The number of nitrogens with zero attached hydrogens (tertiary/aromatic N) is 4. The summed E-state index contributed by atoms with van der Waals surface area (Å²) in [6, 6.07) is 4.03. The van der Waals surface area contributed by atoms with Gasteiger partial charge in [0.05, 0.1) is 13.7 Å². The molecule has 0 aromatic carbocycles. The van der Waals surface area contributed by atoms with Crippen LogP contribution in [0.3, 0.4) is 0 Å². The van der Waals surface area contributed by atoms with E-state index in [1.807, 2.05) is 4.90 Å². The summed E-state index contributed by atoms with van der Waals surface area (Å²) in [7, 11) is 1.54. The molecule has 1 fully saturated rings. The number of hydrogen-bond acceptors (Lipinski definition) is 6. The second-order valence-corrected chi connectivity index (χ2v) is 6.04. The van der Waals surface area contributed by atoms with E-state index in [9.17, 15) is 13.2 Å². The molecule has 0 N–H and O–H groups in total. The van der Waals surface area contributed by atoms with Gasteiger partial charge in [-0.1, -0.05) is 0 Å². The van der Waals surface area contributed by atoms with Crippen LogP contribution < -0.4 is 14.4 Å². The van der Waals surface area contributed by atoms with Crippen molar-refractivity contribution in [2.24, 2.45) is 5.92 Å². The van der Waals surface area contributed by atoms with Gasteiger partial charge in [-0.2, -0.15) is 18.2 Å². The normalized spacial score (nSPS) is 17.8. The lowest BCUT2D eigenvalue weighted by Crippen LogP contribution is -2.38. The zero-order chi connectivity index (χ0) is 18.6. The van der Waals surface area contributed by atoms with Gasteiger partial charge in [-0.15, -0.1) is 0 Å². The monoisotopic (exact) mass is 368 g/mol. The summed E-state index contributed by atoms with van der Waals surface area (Å²) >= 11 is 0. The maximum Gasteiger partial charge on any atom is 0.433 e. The highest BCUT2D eigenvalue weighted by molar-refractivity contribution is 5.32. The van der Waals surface area contributed by atoms with E-state index in [-0.39, 0.29) is 11.7 Å². The molecule has 140 valence electrons. The molecule has 0 aliphatic carbocycles. The van der Waals surface area contributed by atoms with Gasteiger partial charge < -0.3 is 14.4 Å². The van der Waals surface area contributed by atoms with Gasteiger partial charge in [0.15, 0.2) is 0 Å². The predicted octanol–water partition coefficient (Wildman–Crippen LogP) is 3.19. The van der Waals surface area contributed by atoms with Gasteiger partial charge >= 0.3 is 6.18 Å². The molecule has 3 heterocycles. The Labute approximate surface area is 149 Å². The van der Waals surface area contributed by atoms with E-state index in [0.29, 0.717) is 25.0 Å². The van der Waals surface area contributed by atoms with Crippen LogP contribution in [0.2, 0.25) is 0 Å². The smallest absolute Gasteiger partial charge is 0.433 e. The zero-order valence-electron chi connectivity index (χ0n) is 14.2. The van der Waals surface area contributed by atoms with E-state index in [1.165, 1.54) is 6.07 Å². The second-order valence-electron chi connectivity index (χ2n) is 6.04. The van der Waals surface area contributed by atoms with E-state index < -0.39 is 11.9 Å². The van der Waals surface area contributed by atoms with Crippen LogP contribution in [0.5, 0.6) is 11.6 Å². The largest absolute Gasteiger partial charge is 0.493 e. The van der Waals surface area contributed by atoms with Gasteiger partial charge in [0, 0.05) is 43.5 Å². The maximum atomic E-state index is 12.7. The molecule has 26 heavy (non-hydrogen) atoms. The molecule has 0 radical (unpaired) electrons. The number of halogens is 3. The number of aromatic nitrogens is 3. The third-order valence-corrected chi connectivity index (χ3v) is 4.14. The van der Waals surface area contributed by atoms with E-state index in [1.54, 1.807) is 19.4 Å². The number of anilines is 1. The highest BCUT2D eigenvalue weighted by atomic mass is 19.4. The third kappa shape index (κ3) is 4.53. The molecule has 1 aliphatic rings. The summed E-state index contributed by atoms with van der Waals surface area (Å²) in [4.78, 5) is 14.0. The first-order chi connectivity index (χ1) is 12.5. The van der Waals surface area contributed by atoms with Crippen LogP contribution in [0, 0.1) is 5.92 Å². The van der Waals surface area contributed by atoms with E-state index in [0.717, 1.165) is 31.6 Å². The molecule has 2 aromatic rings. The minimum atomic E-state index is -4.48. The van der Waals surface area contributed by atoms with E-state index >= 15 is 0 Å². The first-order valence-corrected chi connectivity index (χ1v) is 8.24. The Bertz CT molecular complexity index is 742. The van der Waals surface area contributed by atoms with Crippen molar-refractivity contribution < 1.29 is 22.6 Å². The van der Waals surface area contributed by atoms with Gasteiger partial charge in [-0.25, -0.2) is 4.98 Å². The van der Waals surface area contributed by atoms with Crippen molar-refractivity contribution in [1.29, 1.82) is 0 Å². The van der Waals surface area contributed by atoms with Gasteiger partial charge in [-0.3, -0.25) is 4.98 Å².